The van der Waals surface area contributed by atoms with Crippen molar-refractivity contribution in [2.75, 3.05) is 6.61 Å². The molecule has 3 aromatic heterocycles. The molecule has 8 nitrogen and oxygen atoms in total. The van der Waals surface area contributed by atoms with Crippen molar-refractivity contribution in [2.45, 2.75) is 58.4 Å². The smallest absolute Gasteiger partial charge is 0.407 e. The van der Waals surface area contributed by atoms with Crippen molar-refractivity contribution in [3.05, 3.63) is 68.4 Å². The monoisotopic (exact) mass is 505 g/mol. The summed E-state index contributed by atoms with van der Waals surface area (Å²) < 4.78 is 7.20. The van der Waals surface area contributed by atoms with Crippen molar-refractivity contribution in [1.82, 2.24) is 20.1 Å². The van der Waals surface area contributed by atoms with Gasteiger partial charge in [0.05, 0.1) is 17.9 Å². The Morgan fingerprint density at radius 3 is 2.92 bits per heavy atom. The molecule has 0 spiro atoms. The van der Waals surface area contributed by atoms with Crippen LogP contribution in [0.3, 0.4) is 0 Å². The van der Waals surface area contributed by atoms with Gasteiger partial charge in [0.1, 0.15) is 11.9 Å². The van der Waals surface area contributed by atoms with E-state index >= 15 is 0 Å². The predicted octanol–water partition coefficient (Wildman–Crippen LogP) is 4.39. The highest BCUT2D eigenvalue weighted by Gasteiger charge is 2.27. The van der Waals surface area contributed by atoms with Gasteiger partial charge in [-0.05, 0) is 49.8 Å². The lowest BCUT2D eigenvalue weighted by Crippen LogP contribution is -2.27. The number of aryl methyl sites for hydroxylation is 2. The molecule has 3 heterocycles. The van der Waals surface area contributed by atoms with Crippen LogP contribution in [-0.2, 0) is 42.4 Å². The third kappa shape index (κ3) is 6.18. The maximum absolute atomic E-state index is 12.8. The Hall–Kier alpha value is -3.51. The fourth-order valence-corrected chi connectivity index (χ4v) is 6.15. The minimum atomic E-state index is -0.443. The summed E-state index contributed by atoms with van der Waals surface area (Å²) in [6.07, 6.45) is 6.20. The molecule has 2 atom stereocenters. The number of fused-ring (bicyclic) bond motifs is 1. The van der Waals surface area contributed by atoms with Gasteiger partial charge in [-0.3, -0.25) is 14.5 Å². The van der Waals surface area contributed by atoms with Crippen molar-refractivity contribution in [1.29, 1.82) is 5.26 Å². The standard InChI is InChI=1S/C27H31N5O3S/c1-17(24-6-4-5-9-29-24)10-21(33)12-26-23(13-28)22-8-7-19(11-25(22)36-26)16-35-27(34)30-14-20-15-32(3)31-18(20)2/h4-6,9,15,17,19H,7-8,10-12,14,16H2,1-3H3,(H,30,34). The summed E-state index contributed by atoms with van der Waals surface area (Å²) in [6, 6.07) is 8.07. The number of ether oxygens (including phenoxy) is 1. The van der Waals surface area contributed by atoms with E-state index in [1.54, 1.807) is 22.2 Å². The highest BCUT2D eigenvalue weighted by atomic mass is 32.1. The van der Waals surface area contributed by atoms with Gasteiger partial charge in [-0.1, -0.05) is 13.0 Å². The Labute approximate surface area is 215 Å². The number of carbonyl (C=O) groups is 2. The molecule has 1 amide bonds. The first-order valence-electron chi connectivity index (χ1n) is 12.2. The molecular weight excluding hydrogens is 474 g/mol. The molecular formula is C27H31N5O3S. The van der Waals surface area contributed by atoms with Gasteiger partial charge >= 0.3 is 6.09 Å². The second-order valence-corrected chi connectivity index (χ2v) is 10.7. The third-order valence-corrected chi connectivity index (χ3v) is 7.88. The van der Waals surface area contributed by atoms with Gasteiger partial charge in [0.25, 0.3) is 0 Å². The summed E-state index contributed by atoms with van der Waals surface area (Å²) in [5.41, 5.74) is 4.47. The quantitative estimate of drug-likeness (QED) is 0.462. The number of aromatic nitrogens is 3. The molecule has 4 rings (SSSR count). The fourth-order valence-electron chi connectivity index (χ4n) is 4.71. The second kappa shape index (κ2) is 11.5. The van der Waals surface area contributed by atoms with Crippen LogP contribution in [0.15, 0.2) is 30.6 Å². The van der Waals surface area contributed by atoms with Crippen LogP contribution in [0.1, 0.15) is 63.5 Å². The Morgan fingerprint density at radius 2 is 2.22 bits per heavy atom. The number of hydrogen-bond acceptors (Lipinski definition) is 7. The van der Waals surface area contributed by atoms with Crippen LogP contribution in [0.2, 0.25) is 0 Å². The number of carbonyl (C=O) groups excluding carboxylic acids is 2. The van der Waals surface area contributed by atoms with Crippen molar-refractivity contribution in [3.63, 3.8) is 0 Å². The summed E-state index contributed by atoms with van der Waals surface area (Å²) >= 11 is 1.56. The van der Waals surface area contributed by atoms with E-state index in [-0.39, 0.29) is 24.0 Å². The van der Waals surface area contributed by atoms with E-state index in [2.05, 4.69) is 21.5 Å². The molecule has 1 aliphatic carbocycles. The highest BCUT2D eigenvalue weighted by molar-refractivity contribution is 7.12. The Kier molecular flexibility index (Phi) is 8.16. The van der Waals surface area contributed by atoms with Crippen molar-refractivity contribution in [2.24, 2.45) is 13.0 Å². The van der Waals surface area contributed by atoms with Gasteiger partial charge in [-0.2, -0.15) is 10.4 Å². The topological polar surface area (TPSA) is 110 Å². The summed E-state index contributed by atoms with van der Waals surface area (Å²) in [5, 5.41) is 16.9. The second-order valence-electron chi connectivity index (χ2n) is 9.46. The number of thiophene rings is 1. The first-order chi connectivity index (χ1) is 17.3. The number of hydrogen-bond donors (Lipinski definition) is 1. The zero-order valence-electron chi connectivity index (χ0n) is 20.9. The Bertz CT molecular complexity index is 1270. The summed E-state index contributed by atoms with van der Waals surface area (Å²) in [6.45, 7) is 4.61. The predicted molar refractivity (Wildman–Crippen MR) is 137 cm³/mol. The molecule has 36 heavy (non-hydrogen) atoms. The summed E-state index contributed by atoms with van der Waals surface area (Å²) in [4.78, 5) is 31.3. The molecule has 3 aromatic rings. The summed E-state index contributed by atoms with van der Waals surface area (Å²) in [5.74, 6) is 0.346. The average Bonchev–Trinajstić information content (AvgIpc) is 3.38. The van der Waals surface area contributed by atoms with Crippen LogP contribution in [0, 0.1) is 24.2 Å². The number of amides is 1. The third-order valence-electron chi connectivity index (χ3n) is 6.62. The Morgan fingerprint density at radius 1 is 1.39 bits per heavy atom. The molecule has 0 fully saturated rings. The number of pyridine rings is 1. The van der Waals surface area contributed by atoms with Gasteiger partial charge in [-0.15, -0.1) is 11.3 Å². The zero-order valence-corrected chi connectivity index (χ0v) is 21.7. The molecule has 0 radical (unpaired) electrons. The minimum Gasteiger partial charge on any atom is -0.449 e. The number of rotatable bonds is 9. The molecule has 9 heteroatoms. The van der Waals surface area contributed by atoms with Crippen molar-refractivity contribution in [3.8, 4) is 6.07 Å². The van der Waals surface area contributed by atoms with E-state index in [4.69, 9.17) is 4.74 Å². The van der Waals surface area contributed by atoms with E-state index in [1.165, 1.54) is 0 Å². The lowest BCUT2D eigenvalue weighted by molar-refractivity contribution is -0.118. The molecule has 2 unspecified atom stereocenters. The van der Waals surface area contributed by atoms with Crippen LogP contribution in [0.4, 0.5) is 4.79 Å². The van der Waals surface area contributed by atoms with Crippen molar-refractivity contribution < 1.29 is 14.3 Å². The number of nitriles is 1. The highest BCUT2D eigenvalue weighted by Crippen LogP contribution is 2.37. The van der Waals surface area contributed by atoms with Crippen LogP contribution in [-0.4, -0.2) is 33.2 Å². The van der Waals surface area contributed by atoms with Crippen LogP contribution in [0.5, 0.6) is 0 Å². The van der Waals surface area contributed by atoms with Gasteiger partial charge in [-0.25, -0.2) is 4.79 Å². The van der Waals surface area contributed by atoms with E-state index < -0.39 is 6.09 Å². The van der Waals surface area contributed by atoms with Crippen LogP contribution in [0.25, 0.3) is 0 Å². The lowest BCUT2D eigenvalue weighted by atomic mass is 9.87. The summed E-state index contributed by atoms with van der Waals surface area (Å²) in [7, 11) is 1.85. The van der Waals surface area contributed by atoms with Gasteiger partial charge < -0.3 is 10.1 Å². The number of nitrogens with zero attached hydrogens (tertiary/aromatic N) is 4. The number of ketones is 1. The van der Waals surface area contributed by atoms with E-state index in [1.807, 2.05) is 45.3 Å². The fraction of sp³-hybridized carbons (Fsp3) is 0.444. The molecule has 0 aromatic carbocycles. The van der Waals surface area contributed by atoms with E-state index in [0.717, 1.165) is 51.5 Å². The normalized spacial score (nSPS) is 15.6. The van der Waals surface area contributed by atoms with Crippen LogP contribution < -0.4 is 5.32 Å². The molecule has 1 N–H and O–H groups in total. The molecule has 0 saturated heterocycles. The molecule has 0 saturated carbocycles. The average molecular weight is 506 g/mol. The lowest BCUT2D eigenvalue weighted by Gasteiger charge is -2.22. The van der Waals surface area contributed by atoms with E-state index in [0.29, 0.717) is 25.1 Å². The number of Topliss-reactive ketones (excluding diaryl/α,β-unsaturated/α-hetero) is 1. The first kappa shape index (κ1) is 25.6. The molecule has 0 bridgehead atoms. The van der Waals surface area contributed by atoms with Crippen molar-refractivity contribution >= 4 is 23.2 Å². The van der Waals surface area contributed by atoms with Gasteiger partial charge in [0, 0.05) is 65.8 Å². The number of nitrogens with one attached hydrogen (secondary N) is 1. The van der Waals surface area contributed by atoms with Gasteiger partial charge in [0.2, 0.25) is 0 Å². The van der Waals surface area contributed by atoms with Gasteiger partial charge in [0.15, 0.2) is 0 Å². The largest absolute Gasteiger partial charge is 0.449 e. The molecule has 188 valence electrons. The molecule has 1 aliphatic rings. The van der Waals surface area contributed by atoms with Crippen LogP contribution >= 0.6 is 11.3 Å². The molecule has 0 aliphatic heterocycles. The maximum Gasteiger partial charge on any atom is 0.407 e. The van der Waals surface area contributed by atoms with E-state index in [9.17, 15) is 14.9 Å². The first-order valence-corrected chi connectivity index (χ1v) is 13.0. The SMILES string of the molecule is Cc1nn(C)cc1CNC(=O)OCC1CCc2c(sc(CC(=O)CC(C)c3ccccn3)c2C#N)C1. The zero-order chi connectivity index (χ0) is 25.7. The maximum atomic E-state index is 12.8. The number of alkyl carbamates (subject to hydrolysis) is 1. The minimum absolute atomic E-state index is 0.0357. The Balaban J connectivity index is 1.30.